The Balaban J connectivity index is 3.13. The minimum atomic E-state index is -0.614. The van der Waals surface area contributed by atoms with Gasteiger partial charge in [0, 0.05) is 0 Å². The second-order valence-electron chi connectivity index (χ2n) is 3.24. The molecule has 0 atom stereocenters. The van der Waals surface area contributed by atoms with Crippen LogP contribution in [0.15, 0.2) is 23.2 Å². The van der Waals surface area contributed by atoms with Crippen molar-refractivity contribution in [3.8, 4) is 11.8 Å². The molecule has 0 fully saturated rings. The van der Waals surface area contributed by atoms with Crippen molar-refractivity contribution in [1.29, 1.82) is 5.26 Å². The maximum absolute atomic E-state index is 11.5. The van der Waals surface area contributed by atoms with E-state index in [0.717, 1.165) is 0 Å². The van der Waals surface area contributed by atoms with Crippen LogP contribution < -0.4 is 5.73 Å². The van der Waals surface area contributed by atoms with Gasteiger partial charge in [0.2, 0.25) is 0 Å². The zero-order chi connectivity index (χ0) is 12.1. The van der Waals surface area contributed by atoms with Crippen LogP contribution in [-0.4, -0.2) is 16.8 Å². The molecule has 5 heteroatoms. The molecule has 0 unspecified atom stereocenters. The van der Waals surface area contributed by atoms with Crippen molar-refractivity contribution in [2.24, 2.45) is 10.7 Å². The molecule has 1 amide bonds. The number of aromatic hydroxyl groups is 1. The molecular formula is C11H11N3O2. The summed E-state index contributed by atoms with van der Waals surface area (Å²) in [4.78, 5) is 15.0. The smallest absolute Gasteiger partial charge is 0.282 e. The van der Waals surface area contributed by atoms with Crippen molar-refractivity contribution < 1.29 is 9.90 Å². The summed E-state index contributed by atoms with van der Waals surface area (Å²) in [5, 5.41) is 18.0. The van der Waals surface area contributed by atoms with E-state index in [1.165, 1.54) is 19.1 Å². The number of phenolic OH excluding ortho intramolecular Hbond substituents is 1. The predicted molar refractivity (Wildman–Crippen MR) is 59.1 cm³/mol. The summed E-state index contributed by atoms with van der Waals surface area (Å²) in [5.41, 5.74) is 5.97. The van der Waals surface area contributed by atoms with Gasteiger partial charge < -0.3 is 10.8 Å². The average Bonchev–Trinajstić information content (AvgIpc) is 2.20. The number of amides is 1. The van der Waals surface area contributed by atoms with E-state index in [2.05, 4.69) is 4.99 Å². The first kappa shape index (κ1) is 11.7. The molecule has 3 N–H and O–H groups in total. The van der Waals surface area contributed by atoms with Gasteiger partial charge in [-0.15, -0.1) is 0 Å². The number of benzene rings is 1. The number of carbonyl (C=O) groups excluding carboxylic acids is 1. The normalized spacial score (nSPS) is 10.9. The lowest BCUT2D eigenvalue weighted by atomic mass is 10.1. The van der Waals surface area contributed by atoms with E-state index in [-0.39, 0.29) is 23.6 Å². The first-order chi connectivity index (χ1) is 7.54. The van der Waals surface area contributed by atoms with Crippen LogP contribution in [0.2, 0.25) is 0 Å². The van der Waals surface area contributed by atoms with E-state index >= 15 is 0 Å². The number of carbonyl (C=O) groups is 1. The van der Waals surface area contributed by atoms with E-state index in [1.807, 2.05) is 6.07 Å². The van der Waals surface area contributed by atoms with Crippen LogP contribution in [0.5, 0.6) is 5.75 Å². The van der Waals surface area contributed by atoms with Crippen LogP contribution >= 0.6 is 0 Å². The van der Waals surface area contributed by atoms with Crippen molar-refractivity contribution >= 4 is 11.7 Å². The lowest BCUT2D eigenvalue weighted by Crippen LogP contribution is -2.09. The molecule has 0 spiro atoms. The number of amidine groups is 1. The number of nitrogens with two attached hydrogens (primary N) is 1. The molecule has 0 aromatic heterocycles. The lowest BCUT2D eigenvalue weighted by molar-refractivity contribution is 0.1000. The third-order valence-electron chi connectivity index (χ3n) is 1.85. The number of rotatable bonds is 2. The highest BCUT2D eigenvalue weighted by Gasteiger charge is 2.11. The second-order valence-corrected chi connectivity index (χ2v) is 3.24. The Morgan fingerprint density at radius 1 is 1.62 bits per heavy atom. The summed E-state index contributed by atoms with van der Waals surface area (Å²) in [6, 6.07) is 6.33. The molecule has 0 bridgehead atoms. The summed E-state index contributed by atoms with van der Waals surface area (Å²) < 4.78 is 0. The number of hydrogen-bond donors (Lipinski definition) is 2. The van der Waals surface area contributed by atoms with Crippen molar-refractivity contribution in [2.45, 2.75) is 13.3 Å². The molecule has 0 aliphatic carbocycles. The van der Waals surface area contributed by atoms with Crippen LogP contribution in [0.3, 0.4) is 0 Å². The van der Waals surface area contributed by atoms with E-state index in [0.29, 0.717) is 5.56 Å². The zero-order valence-corrected chi connectivity index (χ0v) is 8.77. The van der Waals surface area contributed by atoms with E-state index in [1.54, 1.807) is 6.07 Å². The van der Waals surface area contributed by atoms with Gasteiger partial charge in [-0.1, -0.05) is 6.07 Å². The fraction of sp³-hybridized carbons (Fsp3) is 0.182. The summed E-state index contributed by atoms with van der Waals surface area (Å²) in [7, 11) is 0. The second kappa shape index (κ2) is 4.94. The van der Waals surface area contributed by atoms with Gasteiger partial charge in [0.05, 0.1) is 18.1 Å². The predicted octanol–water partition coefficient (Wildman–Crippen LogP) is 0.976. The van der Waals surface area contributed by atoms with Crippen LogP contribution in [0.1, 0.15) is 22.8 Å². The Morgan fingerprint density at radius 3 is 2.88 bits per heavy atom. The molecule has 0 aliphatic rings. The van der Waals surface area contributed by atoms with Gasteiger partial charge in [0.1, 0.15) is 11.6 Å². The molecule has 1 aromatic rings. The highest BCUT2D eigenvalue weighted by atomic mass is 16.3. The third kappa shape index (κ3) is 2.82. The lowest BCUT2D eigenvalue weighted by Gasteiger charge is -2.02. The first-order valence-corrected chi connectivity index (χ1v) is 4.58. The Morgan fingerprint density at radius 2 is 2.31 bits per heavy atom. The number of nitrogens with zero attached hydrogens (tertiary/aromatic N) is 2. The van der Waals surface area contributed by atoms with Gasteiger partial charge in [0.25, 0.3) is 5.91 Å². The van der Waals surface area contributed by atoms with Crippen LogP contribution in [0.4, 0.5) is 0 Å². The van der Waals surface area contributed by atoms with Gasteiger partial charge in [0.15, 0.2) is 0 Å². The Hall–Kier alpha value is -2.35. The Bertz CT molecular complexity index is 482. The Labute approximate surface area is 92.8 Å². The van der Waals surface area contributed by atoms with Gasteiger partial charge in [-0.2, -0.15) is 10.3 Å². The number of nitriles is 1. The minimum absolute atomic E-state index is 0.0533. The molecule has 1 aromatic carbocycles. The molecule has 0 radical (unpaired) electrons. The summed E-state index contributed by atoms with van der Waals surface area (Å²) >= 11 is 0. The largest absolute Gasteiger partial charge is 0.507 e. The van der Waals surface area contributed by atoms with Gasteiger partial charge in [-0.25, -0.2) is 0 Å². The fourth-order valence-electron chi connectivity index (χ4n) is 1.18. The molecule has 5 nitrogen and oxygen atoms in total. The Kier molecular flexibility index (Phi) is 3.62. The topological polar surface area (TPSA) is 99.5 Å². The van der Waals surface area contributed by atoms with Gasteiger partial charge >= 0.3 is 0 Å². The fourth-order valence-corrected chi connectivity index (χ4v) is 1.18. The maximum atomic E-state index is 11.5. The summed E-state index contributed by atoms with van der Waals surface area (Å²) in [6.07, 6.45) is 0.173. The molecule has 0 heterocycles. The van der Waals surface area contributed by atoms with Crippen LogP contribution in [0.25, 0.3) is 0 Å². The van der Waals surface area contributed by atoms with E-state index in [9.17, 15) is 9.90 Å². The van der Waals surface area contributed by atoms with Crippen LogP contribution in [0, 0.1) is 11.3 Å². The molecule has 82 valence electrons. The van der Waals surface area contributed by atoms with E-state index in [4.69, 9.17) is 11.0 Å². The molecule has 1 rings (SSSR count). The minimum Gasteiger partial charge on any atom is -0.507 e. The SMILES string of the molecule is CC(N)=NC(=O)c1cc(CC#N)ccc1O. The summed E-state index contributed by atoms with van der Waals surface area (Å²) in [5.74, 6) is -0.663. The zero-order valence-electron chi connectivity index (χ0n) is 8.77. The number of aliphatic imine (C=N–C) groups is 1. The molecular weight excluding hydrogens is 206 g/mol. The molecule has 16 heavy (non-hydrogen) atoms. The third-order valence-corrected chi connectivity index (χ3v) is 1.85. The van der Waals surface area contributed by atoms with E-state index < -0.39 is 5.91 Å². The standard InChI is InChI=1S/C11H11N3O2/c1-7(13)14-11(16)9-6-8(4-5-12)2-3-10(9)15/h2-3,6,15H,4H2,1H3,(H2,13,14,16). The summed E-state index contributed by atoms with van der Waals surface area (Å²) in [6.45, 7) is 1.48. The van der Waals surface area contributed by atoms with Crippen molar-refractivity contribution in [3.63, 3.8) is 0 Å². The molecule has 0 saturated heterocycles. The highest BCUT2D eigenvalue weighted by molar-refractivity contribution is 6.04. The molecule has 0 saturated carbocycles. The molecule has 0 aliphatic heterocycles. The highest BCUT2D eigenvalue weighted by Crippen LogP contribution is 2.19. The average molecular weight is 217 g/mol. The van der Waals surface area contributed by atoms with Crippen LogP contribution in [-0.2, 0) is 6.42 Å². The van der Waals surface area contributed by atoms with Crippen molar-refractivity contribution in [2.75, 3.05) is 0 Å². The van der Waals surface area contributed by atoms with Gasteiger partial charge in [-0.05, 0) is 24.6 Å². The van der Waals surface area contributed by atoms with Crippen molar-refractivity contribution in [3.05, 3.63) is 29.3 Å². The monoisotopic (exact) mass is 217 g/mol. The van der Waals surface area contributed by atoms with Gasteiger partial charge in [-0.3, -0.25) is 4.79 Å². The number of phenols is 1. The number of hydrogen-bond acceptors (Lipinski definition) is 3. The quantitative estimate of drug-likeness (QED) is 0.569. The van der Waals surface area contributed by atoms with Crippen molar-refractivity contribution in [1.82, 2.24) is 0 Å². The maximum Gasteiger partial charge on any atom is 0.282 e. The first-order valence-electron chi connectivity index (χ1n) is 4.58.